The number of nitrogens with one attached hydrogen (secondary N) is 2. The zero-order valence-electron chi connectivity index (χ0n) is 10.0. The summed E-state index contributed by atoms with van der Waals surface area (Å²) < 4.78 is 4.45. The fraction of sp³-hybridized carbons (Fsp3) is 0.333. The van der Waals surface area contributed by atoms with Crippen LogP contribution in [0, 0.1) is 0 Å². The van der Waals surface area contributed by atoms with Gasteiger partial charge in [0.25, 0.3) is 0 Å². The van der Waals surface area contributed by atoms with Gasteiger partial charge in [-0.3, -0.25) is 4.79 Å². The first-order valence-corrected chi connectivity index (χ1v) is 5.82. The Kier molecular flexibility index (Phi) is 6.00. The molecule has 0 unspecified atom stereocenters. The quantitative estimate of drug-likeness (QED) is 0.801. The van der Waals surface area contributed by atoms with Crippen molar-refractivity contribution >= 4 is 23.6 Å². The van der Waals surface area contributed by atoms with Gasteiger partial charge in [0.05, 0.1) is 13.5 Å². The molecule has 0 fully saturated rings. The lowest BCUT2D eigenvalue weighted by Gasteiger charge is -2.07. The predicted molar refractivity (Wildman–Crippen MR) is 68.3 cm³/mol. The topological polar surface area (TPSA) is 67.4 Å². The van der Waals surface area contributed by atoms with Gasteiger partial charge < -0.3 is 15.4 Å². The molecule has 0 saturated heterocycles. The van der Waals surface area contributed by atoms with Gasteiger partial charge in [0.1, 0.15) is 0 Å². The molecular formula is C12H15ClN2O3. The third kappa shape index (κ3) is 5.54. The van der Waals surface area contributed by atoms with Crippen LogP contribution in [0.1, 0.15) is 12.0 Å². The summed E-state index contributed by atoms with van der Waals surface area (Å²) in [6, 6.07) is 6.88. The van der Waals surface area contributed by atoms with Crippen molar-refractivity contribution in [2.75, 3.05) is 13.7 Å². The van der Waals surface area contributed by atoms with Crippen LogP contribution in [0.5, 0.6) is 0 Å². The van der Waals surface area contributed by atoms with E-state index in [2.05, 4.69) is 15.4 Å². The van der Waals surface area contributed by atoms with Crippen LogP contribution in [0.3, 0.4) is 0 Å². The Hall–Kier alpha value is -1.75. The number of carbonyl (C=O) groups is 2. The first-order chi connectivity index (χ1) is 8.61. The lowest BCUT2D eigenvalue weighted by atomic mass is 10.2. The fourth-order valence-corrected chi connectivity index (χ4v) is 1.48. The molecule has 0 aromatic heterocycles. The van der Waals surface area contributed by atoms with Crippen LogP contribution < -0.4 is 10.6 Å². The molecule has 0 saturated carbocycles. The summed E-state index contributed by atoms with van der Waals surface area (Å²) in [6.07, 6.45) is 0.154. The number of carbonyl (C=O) groups excluding carboxylic acids is 2. The normalized spacial score (nSPS) is 9.67. The smallest absolute Gasteiger partial charge is 0.315 e. The van der Waals surface area contributed by atoms with E-state index in [4.69, 9.17) is 11.6 Å². The van der Waals surface area contributed by atoms with E-state index in [0.29, 0.717) is 11.6 Å². The second-order valence-corrected chi connectivity index (χ2v) is 4.00. The van der Waals surface area contributed by atoms with E-state index in [1.54, 1.807) is 12.1 Å². The average Bonchev–Trinajstić information content (AvgIpc) is 2.36. The van der Waals surface area contributed by atoms with Gasteiger partial charge in [0.2, 0.25) is 0 Å². The Morgan fingerprint density at radius 1 is 1.33 bits per heavy atom. The first-order valence-electron chi connectivity index (χ1n) is 5.45. The monoisotopic (exact) mass is 270 g/mol. The fourth-order valence-electron chi connectivity index (χ4n) is 1.27. The minimum absolute atomic E-state index is 0.154. The Morgan fingerprint density at radius 2 is 2.11 bits per heavy atom. The summed E-state index contributed by atoms with van der Waals surface area (Å²) in [4.78, 5) is 22.2. The molecule has 1 aromatic carbocycles. The summed E-state index contributed by atoms with van der Waals surface area (Å²) >= 11 is 5.81. The molecule has 1 aromatic rings. The molecule has 0 aliphatic heterocycles. The van der Waals surface area contributed by atoms with E-state index >= 15 is 0 Å². The van der Waals surface area contributed by atoms with Gasteiger partial charge in [-0.15, -0.1) is 0 Å². The molecule has 0 heterocycles. The van der Waals surface area contributed by atoms with Crippen LogP contribution in [-0.4, -0.2) is 25.7 Å². The summed E-state index contributed by atoms with van der Waals surface area (Å²) in [7, 11) is 1.31. The number of methoxy groups -OCH3 is 1. The van der Waals surface area contributed by atoms with Crippen LogP contribution in [0.25, 0.3) is 0 Å². The Balaban J connectivity index is 2.23. The molecule has 0 aliphatic rings. The molecule has 0 radical (unpaired) electrons. The summed E-state index contributed by atoms with van der Waals surface area (Å²) in [5, 5.41) is 5.83. The number of esters is 1. The second-order valence-electron chi connectivity index (χ2n) is 3.57. The molecule has 2 N–H and O–H groups in total. The van der Waals surface area contributed by atoms with E-state index in [-0.39, 0.29) is 25.0 Å². The van der Waals surface area contributed by atoms with E-state index in [9.17, 15) is 9.59 Å². The third-order valence-electron chi connectivity index (χ3n) is 2.18. The molecule has 6 heteroatoms. The van der Waals surface area contributed by atoms with Gasteiger partial charge >= 0.3 is 12.0 Å². The molecule has 5 nitrogen and oxygen atoms in total. The highest BCUT2D eigenvalue weighted by atomic mass is 35.5. The van der Waals surface area contributed by atoms with E-state index in [0.717, 1.165) is 5.56 Å². The van der Waals surface area contributed by atoms with Crippen molar-refractivity contribution in [2.45, 2.75) is 13.0 Å². The van der Waals surface area contributed by atoms with Crippen molar-refractivity contribution in [3.63, 3.8) is 0 Å². The zero-order chi connectivity index (χ0) is 13.4. The van der Waals surface area contributed by atoms with Gasteiger partial charge in [-0.2, -0.15) is 0 Å². The Labute approximate surface area is 110 Å². The number of hydrogen-bond donors (Lipinski definition) is 2. The summed E-state index contributed by atoms with van der Waals surface area (Å²) in [5.41, 5.74) is 0.908. The van der Waals surface area contributed by atoms with Crippen LogP contribution in [0.4, 0.5) is 4.79 Å². The van der Waals surface area contributed by atoms with Crippen molar-refractivity contribution in [1.82, 2.24) is 10.6 Å². The highest BCUT2D eigenvalue weighted by Gasteiger charge is 2.03. The largest absolute Gasteiger partial charge is 0.469 e. The van der Waals surface area contributed by atoms with Gasteiger partial charge in [-0.05, 0) is 17.7 Å². The molecule has 2 amide bonds. The summed E-state index contributed by atoms with van der Waals surface area (Å²) in [6.45, 7) is 0.624. The lowest BCUT2D eigenvalue weighted by molar-refractivity contribution is -0.140. The maximum absolute atomic E-state index is 11.4. The van der Waals surface area contributed by atoms with Crippen molar-refractivity contribution < 1.29 is 14.3 Å². The standard InChI is InChI=1S/C12H15ClN2O3/c1-18-11(16)5-6-14-12(17)15-8-9-3-2-4-10(13)7-9/h2-4,7H,5-6,8H2,1H3,(H2,14,15,17). The molecule has 18 heavy (non-hydrogen) atoms. The highest BCUT2D eigenvalue weighted by molar-refractivity contribution is 6.30. The van der Waals surface area contributed by atoms with E-state index in [1.807, 2.05) is 12.1 Å². The lowest BCUT2D eigenvalue weighted by Crippen LogP contribution is -2.36. The molecule has 0 spiro atoms. The SMILES string of the molecule is COC(=O)CCNC(=O)NCc1cccc(Cl)c1. The number of amides is 2. The Morgan fingerprint density at radius 3 is 2.78 bits per heavy atom. The van der Waals surface area contributed by atoms with Gasteiger partial charge in [-0.25, -0.2) is 4.79 Å². The summed E-state index contributed by atoms with van der Waals surface area (Å²) in [5.74, 6) is -0.356. The zero-order valence-corrected chi connectivity index (χ0v) is 10.8. The van der Waals surface area contributed by atoms with Crippen molar-refractivity contribution in [1.29, 1.82) is 0 Å². The van der Waals surface area contributed by atoms with E-state index in [1.165, 1.54) is 7.11 Å². The third-order valence-corrected chi connectivity index (χ3v) is 2.42. The van der Waals surface area contributed by atoms with Crippen LogP contribution >= 0.6 is 11.6 Å². The average molecular weight is 271 g/mol. The number of ether oxygens (including phenoxy) is 1. The van der Waals surface area contributed by atoms with Gasteiger partial charge in [0.15, 0.2) is 0 Å². The maximum atomic E-state index is 11.4. The molecule has 0 aliphatic carbocycles. The number of hydrogen-bond acceptors (Lipinski definition) is 3. The van der Waals surface area contributed by atoms with Crippen LogP contribution in [0.15, 0.2) is 24.3 Å². The van der Waals surface area contributed by atoms with Gasteiger partial charge in [0, 0.05) is 18.1 Å². The molecule has 0 bridgehead atoms. The number of benzene rings is 1. The van der Waals surface area contributed by atoms with Gasteiger partial charge in [-0.1, -0.05) is 23.7 Å². The van der Waals surface area contributed by atoms with Crippen molar-refractivity contribution in [3.8, 4) is 0 Å². The van der Waals surface area contributed by atoms with Crippen molar-refractivity contribution in [2.24, 2.45) is 0 Å². The Bertz CT molecular complexity index is 424. The maximum Gasteiger partial charge on any atom is 0.315 e. The number of rotatable bonds is 5. The predicted octanol–water partition coefficient (Wildman–Crippen LogP) is 1.70. The van der Waals surface area contributed by atoms with Crippen molar-refractivity contribution in [3.05, 3.63) is 34.9 Å². The highest BCUT2D eigenvalue weighted by Crippen LogP contribution is 2.09. The molecule has 1 rings (SSSR count). The second kappa shape index (κ2) is 7.55. The molecular weight excluding hydrogens is 256 g/mol. The number of urea groups is 1. The number of halogens is 1. The van der Waals surface area contributed by atoms with Crippen LogP contribution in [-0.2, 0) is 16.1 Å². The first kappa shape index (κ1) is 14.3. The minimum Gasteiger partial charge on any atom is -0.469 e. The molecule has 98 valence electrons. The molecule has 0 atom stereocenters. The van der Waals surface area contributed by atoms with E-state index < -0.39 is 0 Å². The minimum atomic E-state index is -0.356. The van der Waals surface area contributed by atoms with Crippen LogP contribution in [0.2, 0.25) is 5.02 Å².